The molecule has 4 nitrogen and oxygen atoms in total. The van der Waals surface area contributed by atoms with Gasteiger partial charge in [-0.3, -0.25) is 0 Å². The van der Waals surface area contributed by atoms with E-state index in [1.54, 1.807) is 24.3 Å². The maximum atomic E-state index is 12.4. The van der Waals surface area contributed by atoms with E-state index >= 15 is 0 Å². The third kappa shape index (κ3) is 10.2. The fourth-order valence-electron chi connectivity index (χ4n) is 2.66. The highest BCUT2D eigenvalue weighted by molar-refractivity contribution is 5.91. The van der Waals surface area contributed by atoms with Gasteiger partial charge in [-0.1, -0.05) is 24.6 Å². The fraction of sp³-hybridized carbons (Fsp3) is 0.542. The number of rotatable bonds is 13. The predicted molar refractivity (Wildman–Crippen MR) is 111 cm³/mol. The van der Waals surface area contributed by atoms with Crippen molar-refractivity contribution in [2.75, 3.05) is 13.2 Å². The summed E-state index contributed by atoms with van der Waals surface area (Å²) in [6, 6.07) is 6.88. The largest absolute Gasteiger partial charge is 0.462 e. The number of aliphatic hydroxyl groups excluding tert-OH is 1. The summed E-state index contributed by atoms with van der Waals surface area (Å²) >= 11 is 0. The summed E-state index contributed by atoms with van der Waals surface area (Å²) in [5.41, 5.74) is 0.799. The average Bonchev–Trinajstić information content (AvgIpc) is 2.72. The molecule has 0 aliphatic rings. The first kappa shape index (κ1) is 23.8. The van der Waals surface area contributed by atoms with Crippen LogP contribution >= 0.6 is 0 Å². The Morgan fingerprint density at radius 2 is 1.54 bits per heavy atom. The molecule has 0 fully saturated rings. The monoisotopic (exact) mass is 384 g/mol. The third-order valence-electron chi connectivity index (χ3n) is 4.20. The van der Waals surface area contributed by atoms with E-state index in [1.165, 1.54) is 0 Å². The van der Waals surface area contributed by atoms with E-state index in [9.17, 15) is 9.90 Å². The molecule has 1 rings (SSSR count). The second-order valence-corrected chi connectivity index (χ2v) is 6.42. The predicted octanol–water partition coefficient (Wildman–Crippen LogP) is 5.02. The Labute approximate surface area is 169 Å². The van der Waals surface area contributed by atoms with Crippen LogP contribution in [0.1, 0.15) is 87.4 Å². The molecule has 0 bridgehead atoms. The molecule has 1 aromatic rings. The van der Waals surface area contributed by atoms with Crippen LogP contribution < -0.4 is 0 Å². The molecule has 0 saturated carbocycles. The first-order chi connectivity index (χ1) is 13.7. The van der Waals surface area contributed by atoms with Gasteiger partial charge in [0.25, 0.3) is 0 Å². The van der Waals surface area contributed by atoms with Gasteiger partial charge < -0.3 is 14.6 Å². The van der Waals surface area contributed by atoms with E-state index in [-0.39, 0.29) is 0 Å². The number of benzene rings is 1. The van der Waals surface area contributed by atoms with Gasteiger partial charge in [-0.2, -0.15) is 0 Å². The molecule has 28 heavy (non-hydrogen) atoms. The van der Waals surface area contributed by atoms with Gasteiger partial charge in [0, 0.05) is 18.4 Å². The third-order valence-corrected chi connectivity index (χ3v) is 4.20. The van der Waals surface area contributed by atoms with Crippen molar-refractivity contribution in [3.8, 4) is 23.7 Å². The molecule has 1 unspecified atom stereocenters. The zero-order valence-electron chi connectivity index (χ0n) is 17.1. The Bertz CT molecular complexity index is 688. The average molecular weight is 385 g/mol. The molecule has 0 heterocycles. The summed E-state index contributed by atoms with van der Waals surface area (Å²) < 4.78 is 10.9. The summed E-state index contributed by atoms with van der Waals surface area (Å²) in [5, 5.41) is 10.3. The minimum absolute atomic E-state index is 0.352. The standard InChI is InChI=1S/C24H32O4/c1-3-5-7-9-11-15-19-27-23(25)21-17-13-14-18-22(21)24(26)28-20-16-12-10-8-6-4-2/h13-14,17-18,23,25H,7-12,15-16,19-20H2,1-2H3. The normalized spacial score (nSPS) is 11.0. The lowest BCUT2D eigenvalue weighted by molar-refractivity contribution is -0.104. The van der Waals surface area contributed by atoms with Crippen molar-refractivity contribution in [2.24, 2.45) is 0 Å². The molecule has 0 aliphatic carbocycles. The van der Waals surface area contributed by atoms with Gasteiger partial charge >= 0.3 is 5.97 Å². The van der Waals surface area contributed by atoms with Gasteiger partial charge in [-0.05, 0) is 52.0 Å². The number of carbonyl (C=O) groups excluding carboxylic acids is 1. The topological polar surface area (TPSA) is 55.8 Å². The van der Waals surface area contributed by atoms with Crippen LogP contribution in [0.5, 0.6) is 0 Å². The highest BCUT2D eigenvalue weighted by Gasteiger charge is 2.18. The van der Waals surface area contributed by atoms with Gasteiger partial charge in [-0.25, -0.2) is 4.79 Å². The maximum Gasteiger partial charge on any atom is 0.338 e. The molecular formula is C24H32O4. The van der Waals surface area contributed by atoms with Crippen LogP contribution in [0.2, 0.25) is 0 Å². The lowest BCUT2D eigenvalue weighted by atomic mass is 10.1. The van der Waals surface area contributed by atoms with E-state index in [2.05, 4.69) is 23.7 Å². The van der Waals surface area contributed by atoms with E-state index in [0.29, 0.717) is 24.3 Å². The Morgan fingerprint density at radius 1 is 0.929 bits per heavy atom. The lowest BCUT2D eigenvalue weighted by Gasteiger charge is -2.15. The summed E-state index contributed by atoms with van der Waals surface area (Å²) in [4.78, 5) is 12.4. The van der Waals surface area contributed by atoms with Crippen LogP contribution in [0.15, 0.2) is 24.3 Å². The number of ether oxygens (including phenoxy) is 2. The van der Waals surface area contributed by atoms with Crippen molar-refractivity contribution in [3.63, 3.8) is 0 Å². The first-order valence-corrected chi connectivity index (χ1v) is 10.1. The number of carbonyl (C=O) groups is 1. The number of hydrogen-bond acceptors (Lipinski definition) is 4. The second-order valence-electron chi connectivity index (χ2n) is 6.42. The summed E-state index contributed by atoms with van der Waals surface area (Å²) in [6.07, 6.45) is 6.28. The summed E-state index contributed by atoms with van der Waals surface area (Å²) in [5.74, 6) is 11.4. The van der Waals surface area contributed by atoms with Gasteiger partial charge in [0.05, 0.1) is 18.8 Å². The van der Waals surface area contributed by atoms with Crippen LogP contribution in [-0.2, 0) is 9.47 Å². The molecule has 1 aromatic carbocycles. The van der Waals surface area contributed by atoms with Gasteiger partial charge in [0.2, 0.25) is 0 Å². The Morgan fingerprint density at radius 3 is 2.18 bits per heavy atom. The Kier molecular flexibility index (Phi) is 13.4. The van der Waals surface area contributed by atoms with Crippen molar-refractivity contribution in [2.45, 2.75) is 71.5 Å². The van der Waals surface area contributed by atoms with Crippen LogP contribution in [0.25, 0.3) is 0 Å². The molecule has 4 heteroatoms. The van der Waals surface area contributed by atoms with Crippen LogP contribution in [0.3, 0.4) is 0 Å². The SMILES string of the molecule is CC#CCCCCCOC(=O)c1ccccc1C(O)OCCCCCC#CC. The molecular weight excluding hydrogens is 352 g/mol. The lowest BCUT2D eigenvalue weighted by Crippen LogP contribution is -2.13. The molecule has 0 aromatic heterocycles. The highest BCUT2D eigenvalue weighted by Crippen LogP contribution is 2.21. The minimum atomic E-state index is -1.13. The zero-order valence-corrected chi connectivity index (χ0v) is 17.1. The van der Waals surface area contributed by atoms with Crippen molar-refractivity contribution in [1.29, 1.82) is 0 Å². The number of esters is 1. The Hall–Kier alpha value is -2.27. The minimum Gasteiger partial charge on any atom is -0.462 e. The van der Waals surface area contributed by atoms with Crippen LogP contribution in [-0.4, -0.2) is 24.3 Å². The molecule has 0 aliphatic heterocycles. The molecule has 0 saturated heterocycles. The number of aliphatic hydroxyl groups is 1. The number of unbranched alkanes of at least 4 members (excludes halogenated alkanes) is 6. The quantitative estimate of drug-likeness (QED) is 0.225. The molecule has 0 radical (unpaired) electrons. The molecule has 1 atom stereocenters. The maximum absolute atomic E-state index is 12.4. The van der Waals surface area contributed by atoms with Gasteiger partial charge in [0.15, 0.2) is 6.29 Å². The molecule has 152 valence electrons. The highest BCUT2D eigenvalue weighted by atomic mass is 16.6. The molecule has 0 spiro atoms. The van der Waals surface area contributed by atoms with Crippen LogP contribution in [0, 0.1) is 23.7 Å². The zero-order chi connectivity index (χ0) is 20.5. The van der Waals surface area contributed by atoms with Crippen molar-refractivity contribution < 1.29 is 19.4 Å². The number of hydrogen-bond donors (Lipinski definition) is 1. The van der Waals surface area contributed by atoms with Crippen molar-refractivity contribution in [3.05, 3.63) is 35.4 Å². The van der Waals surface area contributed by atoms with Gasteiger partial charge in [-0.15, -0.1) is 23.7 Å². The summed E-state index contributed by atoms with van der Waals surface area (Å²) in [7, 11) is 0. The first-order valence-electron chi connectivity index (χ1n) is 10.1. The summed E-state index contributed by atoms with van der Waals surface area (Å²) in [6.45, 7) is 4.47. The fourth-order valence-corrected chi connectivity index (χ4v) is 2.66. The molecule has 1 N–H and O–H groups in total. The van der Waals surface area contributed by atoms with Crippen molar-refractivity contribution >= 4 is 5.97 Å². The van der Waals surface area contributed by atoms with E-state index in [1.807, 2.05) is 13.8 Å². The van der Waals surface area contributed by atoms with Gasteiger partial charge in [0.1, 0.15) is 0 Å². The molecule has 0 amide bonds. The van der Waals surface area contributed by atoms with E-state index in [4.69, 9.17) is 9.47 Å². The second kappa shape index (κ2) is 15.8. The van der Waals surface area contributed by atoms with E-state index in [0.717, 1.165) is 51.4 Å². The van der Waals surface area contributed by atoms with Crippen LogP contribution in [0.4, 0.5) is 0 Å². The van der Waals surface area contributed by atoms with E-state index < -0.39 is 12.3 Å². The van der Waals surface area contributed by atoms with Crippen molar-refractivity contribution in [1.82, 2.24) is 0 Å². The Balaban J connectivity index is 2.39. The smallest absolute Gasteiger partial charge is 0.338 e.